The van der Waals surface area contributed by atoms with Crippen molar-refractivity contribution in [1.29, 1.82) is 0 Å². The monoisotopic (exact) mass is 1160 g/mol. The van der Waals surface area contributed by atoms with Gasteiger partial charge in [-0.15, -0.1) is 0 Å². The zero-order chi connectivity index (χ0) is 59.9. The SMILES string of the molecule is CC/C=C\C/C=C\C/C=C\C/C=C\C/C=C\C/C=C\CCCCC(=O)OC(COC(=O)CCCCCCC/C=C\CCCCC)COC(=O)CCCCCCCCCCCCCCCCCCCCCCCCCCCCCCCCCC. The third kappa shape index (κ3) is 69.3. The lowest BCUT2D eigenvalue weighted by atomic mass is 10.0. The van der Waals surface area contributed by atoms with Crippen LogP contribution in [-0.4, -0.2) is 37.2 Å². The molecule has 0 aromatic heterocycles. The third-order valence-corrected chi connectivity index (χ3v) is 15.9. The molecule has 0 bridgehead atoms. The van der Waals surface area contributed by atoms with E-state index in [4.69, 9.17) is 14.2 Å². The molecule has 1 unspecified atom stereocenters. The van der Waals surface area contributed by atoms with E-state index in [1.165, 1.54) is 225 Å². The number of carbonyl (C=O) groups excluding carboxylic acids is 3. The second kappa shape index (κ2) is 71.1. The molecule has 0 aromatic carbocycles. The van der Waals surface area contributed by atoms with Crippen molar-refractivity contribution >= 4 is 17.9 Å². The first-order valence-corrected chi connectivity index (χ1v) is 36.1. The van der Waals surface area contributed by atoms with Crippen molar-refractivity contribution in [3.63, 3.8) is 0 Å². The summed E-state index contributed by atoms with van der Waals surface area (Å²) in [6, 6.07) is 0. The number of rotatable bonds is 66. The summed E-state index contributed by atoms with van der Waals surface area (Å²) in [5, 5.41) is 0. The Balaban J connectivity index is 4.20. The summed E-state index contributed by atoms with van der Waals surface area (Å²) >= 11 is 0. The van der Waals surface area contributed by atoms with Gasteiger partial charge in [0, 0.05) is 19.3 Å². The average Bonchev–Trinajstić information content (AvgIpc) is 3.49. The van der Waals surface area contributed by atoms with Gasteiger partial charge in [-0.1, -0.05) is 337 Å². The highest BCUT2D eigenvalue weighted by molar-refractivity contribution is 5.71. The van der Waals surface area contributed by atoms with Crippen LogP contribution < -0.4 is 0 Å². The van der Waals surface area contributed by atoms with Gasteiger partial charge in [-0.25, -0.2) is 0 Å². The minimum absolute atomic E-state index is 0.0942. The van der Waals surface area contributed by atoms with E-state index in [1.807, 2.05) is 0 Å². The molecule has 0 heterocycles. The highest BCUT2D eigenvalue weighted by Gasteiger charge is 2.19. The lowest BCUT2D eigenvalue weighted by molar-refractivity contribution is -0.167. The number of unbranched alkanes of at least 4 members (excludes halogenated alkanes) is 41. The van der Waals surface area contributed by atoms with Crippen molar-refractivity contribution in [2.24, 2.45) is 0 Å². The van der Waals surface area contributed by atoms with Crippen LogP contribution in [0.15, 0.2) is 85.1 Å². The second-order valence-corrected chi connectivity index (χ2v) is 24.1. The molecular formula is C77H136O6. The van der Waals surface area contributed by atoms with Gasteiger partial charge < -0.3 is 14.2 Å². The van der Waals surface area contributed by atoms with Gasteiger partial charge in [0.2, 0.25) is 0 Å². The molecule has 0 fully saturated rings. The molecular weight excluding hydrogens is 1020 g/mol. The summed E-state index contributed by atoms with van der Waals surface area (Å²) in [5.74, 6) is -0.932. The van der Waals surface area contributed by atoms with Gasteiger partial charge in [0.25, 0.3) is 0 Å². The van der Waals surface area contributed by atoms with Gasteiger partial charge in [-0.3, -0.25) is 14.4 Å². The van der Waals surface area contributed by atoms with E-state index in [0.29, 0.717) is 19.3 Å². The van der Waals surface area contributed by atoms with E-state index in [-0.39, 0.29) is 37.5 Å². The predicted octanol–water partition coefficient (Wildman–Crippen LogP) is 25.0. The Bertz CT molecular complexity index is 1570. The Morgan fingerprint density at radius 2 is 0.470 bits per heavy atom. The fraction of sp³-hybridized carbons (Fsp3) is 0.779. The highest BCUT2D eigenvalue weighted by atomic mass is 16.6. The van der Waals surface area contributed by atoms with E-state index >= 15 is 0 Å². The molecule has 6 heteroatoms. The van der Waals surface area contributed by atoms with E-state index in [9.17, 15) is 14.4 Å². The summed E-state index contributed by atoms with van der Waals surface area (Å²) in [4.78, 5) is 38.4. The minimum Gasteiger partial charge on any atom is -0.462 e. The number of hydrogen-bond acceptors (Lipinski definition) is 6. The van der Waals surface area contributed by atoms with Crippen molar-refractivity contribution < 1.29 is 28.6 Å². The Labute approximate surface area is 515 Å². The Morgan fingerprint density at radius 3 is 0.795 bits per heavy atom. The zero-order valence-corrected chi connectivity index (χ0v) is 55.2. The molecule has 0 aliphatic carbocycles. The molecule has 0 N–H and O–H groups in total. The first-order valence-electron chi connectivity index (χ1n) is 36.1. The molecule has 0 aliphatic rings. The summed E-state index contributed by atoms with van der Waals surface area (Å²) in [7, 11) is 0. The number of carbonyl (C=O) groups is 3. The van der Waals surface area contributed by atoms with Crippen molar-refractivity contribution in [2.45, 2.75) is 374 Å². The molecule has 83 heavy (non-hydrogen) atoms. The maximum Gasteiger partial charge on any atom is 0.306 e. The van der Waals surface area contributed by atoms with Gasteiger partial charge in [-0.2, -0.15) is 0 Å². The highest BCUT2D eigenvalue weighted by Crippen LogP contribution is 2.18. The lowest BCUT2D eigenvalue weighted by Crippen LogP contribution is -2.30. The normalized spacial score (nSPS) is 12.6. The van der Waals surface area contributed by atoms with E-state index in [1.54, 1.807) is 0 Å². The molecule has 0 aliphatic heterocycles. The summed E-state index contributed by atoms with van der Waals surface area (Å²) in [6.07, 6.45) is 95.0. The van der Waals surface area contributed by atoms with E-state index in [2.05, 4.69) is 106 Å². The van der Waals surface area contributed by atoms with Crippen molar-refractivity contribution in [3.05, 3.63) is 85.1 Å². The van der Waals surface area contributed by atoms with Gasteiger partial charge in [0.15, 0.2) is 6.10 Å². The zero-order valence-electron chi connectivity index (χ0n) is 55.2. The topological polar surface area (TPSA) is 78.9 Å². The lowest BCUT2D eigenvalue weighted by Gasteiger charge is -2.18. The second-order valence-electron chi connectivity index (χ2n) is 24.1. The molecule has 0 saturated carbocycles. The van der Waals surface area contributed by atoms with Crippen LogP contribution in [-0.2, 0) is 28.6 Å². The average molecular weight is 1160 g/mol. The van der Waals surface area contributed by atoms with Gasteiger partial charge in [0.1, 0.15) is 13.2 Å². The smallest absolute Gasteiger partial charge is 0.306 e. The third-order valence-electron chi connectivity index (χ3n) is 15.9. The van der Waals surface area contributed by atoms with Crippen LogP contribution in [0.1, 0.15) is 367 Å². The number of hydrogen-bond donors (Lipinski definition) is 0. The fourth-order valence-electron chi connectivity index (χ4n) is 10.5. The molecule has 1 atom stereocenters. The summed E-state index contributed by atoms with van der Waals surface area (Å²) in [6.45, 7) is 6.51. The van der Waals surface area contributed by atoms with Crippen LogP contribution in [0.5, 0.6) is 0 Å². The predicted molar refractivity (Wildman–Crippen MR) is 362 cm³/mol. The quantitative estimate of drug-likeness (QED) is 0.0261. The maximum absolute atomic E-state index is 12.9. The van der Waals surface area contributed by atoms with Crippen LogP contribution in [0.3, 0.4) is 0 Å². The fourth-order valence-corrected chi connectivity index (χ4v) is 10.5. The largest absolute Gasteiger partial charge is 0.462 e. The van der Waals surface area contributed by atoms with E-state index < -0.39 is 6.10 Å². The molecule has 0 amide bonds. The molecule has 0 rings (SSSR count). The molecule has 0 radical (unpaired) electrons. The van der Waals surface area contributed by atoms with Crippen LogP contribution in [0.2, 0.25) is 0 Å². The minimum atomic E-state index is -0.804. The van der Waals surface area contributed by atoms with Crippen molar-refractivity contribution in [1.82, 2.24) is 0 Å². The van der Waals surface area contributed by atoms with Gasteiger partial charge in [0.05, 0.1) is 0 Å². The Hall–Kier alpha value is -3.41. The first-order chi connectivity index (χ1) is 41.0. The van der Waals surface area contributed by atoms with Crippen molar-refractivity contribution in [3.8, 4) is 0 Å². The Kier molecular flexibility index (Phi) is 68.2. The standard InChI is InChI=1S/C77H136O6/c1-4-7-10-13-16-19-22-25-27-29-31-33-34-35-36-37-38-39-40-41-42-43-45-46-48-50-52-55-58-61-64-67-70-76(79)82-73-74(72-81-75(78)69-66-63-60-57-54-24-21-18-15-12-9-6-3)83-77(80)71-68-65-62-59-56-53-51-49-47-44-32-30-28-26-23-20-17-14-11-8-5-2/h8,11,17-18,20-21,26,28,32,44,49,51,56,59,74H,4-7,9-10,12-16,19,22-25,27,29-31,33-43,45-48,50,52-55,57-58,60-73H2,1-3H3/b11-8-,20-17-,21-18-,28-26-,44-32-,51-49-,59-56-. The van der Waals surface area contributed by atoms with E-state index in [0.717, 1.165) is 96.3 Å². The molecule has 0 aromatic rings. The van der Waals surface area contributed by atoms with Crippen LogP contribution in [0, 0.1) is 0 Å². The van der Waals surface area contributed by atoms with Crippen LogP contribution >= 0.6 is 0 Å². The van der Waals surface area contributed by atoms with Crippen molar-refractivity contribution in [2.75, 3.05) is 13.2 Å². The molecule has 6 nitrogen and oxygen atoms in total. The molecule has 0 saturated heterocycles. The first kappa shape index (κ1) is 79.6. The molecule has 480 valence electrons. The Morgan fingerprint density at radius 1 is 0.253 bits per heavy atom. The van der Waals surface area contributed by atoms with Gasteiger partial charge >= 0.3 is 17.9 Å². The number of esters is 3. The molecule has 0 spiro atoms. The summed E-state index contributed by atoms with van der Waals surface area (Å²) < 4.78 is 16.9. The van der Waals surface area contributed by atoms with Crippen LogP contribution in [0.25, 0.3) is 0 Å². The van der Waals surface area contributed by atoms with Crippen LogP contribution in [0.4, 0.5) is 0 Å². The number of allylic oxidation sites excluding steroid dienone is 14. The maximum atomic E-state index is 12.9. The summed E-state index contributed by atoms with van der Waals surface area (Å²) in [5.41, 5.74) is 0. The number of ether oxygens (including phenoxy) is 3. The van der Waals surface area contributed by atoms with Gasteiger partial charge in [-0.05, 0) is 96.3 Å².